The van der Waals surface area contributed by atoms with Crippen molar-refractivity contribution in [3.63, 3.8) is 0 Å². The molecule has 5 heteroatoms. The van der Waals surface area contributed by atoms with Crippen molar-refractivity contribution in [1.82, 2.24) is 9.97 Å². The molecular formula is C12H12BrN3O. The fraction of sp³-hybridized carbons (Fsp3) is 0.167. The minimum absolute atomic E-state index is 0.00213. The van der Waals surface area contributed by atoms with E-state index < -0.39 is 0 Å². The Balaban J connectivity index is 1.85. The fourth-order valence-electron chi connectivity index (χ4n) is 1.46. The number of nitrogens with zero attached hydrogens (tertiary/aromatic N) is 1. The van der Waals surface area contributed by atoms with Crippen LogP contribution in [0, 0.1) is 0 Å². The SMILES string of the molecule is O=C(CCc1cnc[nH]1)Nc1cccc(Br)c1. The molecule has 0 aliphatic heterocycles. The lowest BCUT2D eigenvalue weighted by molar-refractivity contribution is -0.116. The molecule has 2 rings (SSSR count). The van der Waals surface area contributed by atoms with E-state index in [0.29, 0.717) is 12.8 Å². The lowest BCUT2D eigenvalue weighted by Crippen LogP contribution is -2.12. The maximum atomic E-state index is 11.7. The minimum Gasteiger partial charge on any atom is -0.348 e. The molecule has 1 amide bonds. The summed E-state index contributed by atoms with van der Waals surface area (Å²) >= 11 is 3.36. The molecule has 2 aromatic rings. The summed E-state index contributed by atoms with van der Waals surface area (Å²) in [6, 6.07) is 7.53. The van der Waals surface area contributed by atoms with E-state index >= 15 is 0 Å². The molecule has 0 saturated carbocycles. The monoisotopic (exact) mass is 293 g/mol. The second-order valence-corrected chi connectivity index (χ2v) is 4.55. The van der Waals surface area contributed by atoms with Gasteiger partial charge >= 0.3 is 0 Å². The summed E-state index contributed by atoms with van der Waals surface area (Å²) in [6.07, 6.45) is 4.45. The van der Waals surface area contributed by atoms with Crippen LogP contribution in [0.1, 0.15) is 12.1 Å². The number of carbonyl (C=O) groups excluding carboxylic acids is 1. The number of aryl methyl sites for hydroxylation is 1. The van der Waals surface area contributed by atoms with Gasteiger partial charge < -0.3 is 10.3 Å². The van der Waals surface area contributed by atoms with E-state index in [-0.39, 0.29) is 5.91 Å². The van der Waals surface area contributed by atoms with Gasteiger partial charge in [-0.3, -0.25) is 4.79 Å². The number of aromatic amines is 1. The molecule has 1 aromatic heterocycles. The topological polar surface area (TPSA) is 57.8 Å². The Morgan fingerprint density at radius 1 is 1.47 bits per heavy atom. The van der Waals surface area contributed by atoms with E-state index in [1.807, 2.05) is 24.3 Å². The largest absolute Gasteiger partial charge is 0.348 e. The number of benzene rings is 1. The molecule has 0 radical (unpaired) electrons. The van der Waals surface area contributed by atoms with Crippen LogP contribution < -0.4 is 5.32 Å². The predicted molar refractivity (Wildman–Crippen MR) is 69.7 cm³/mol. The van der Waals surface area contributed by atoms with Crippen LogP contribution in [0.25, 0.3) is 0 Å². The van der Waals surface area contributed by atoms with Crippen molar-refractivity contribution in [3.05, 3.63) is 47.0 Å². The van der Waals surface area contributed by atoms with Crippen LogP contribution in [0.15, 0.2) is 41.3 Å². The molecule has 88 valence electrons. The Labute approximate surface area is 108 Å². The summed E-state index contributed by atoms with van der Waals surface area (Å²) in [4.78, 5) is 18.5. The Morgan fingerprint density at radius 2 is 2.35 bits per heavy atom. The first kappa shape index (κ1) is 11.9. The van der Waals surface area contributed by atoms with Gasteiger partial charge in [0.2, 0.25) is 5.91 Å². The van der Waals surface area contributed by atoms with Crippen molar-refractivity contribution in [3.8, 4) is 0 Å². The molecule has 4 nitrogen and oxygen atoms in total. The van der Waals surface area contributed by atoms with Crippen LogP contribution in [0.5, 0.6) is 0 Å². The zero-order valence-corrected chi connectivity index (χ0v) is 10.7. The lowest BCUT2D eigenvalue weighted by atomic mass is 10.2. The maximum absolute atomic E-state index is 11.7. The molecule has 2 N–H and O–H groups in total. The quantitative estimate of drug-likeness (QED) is 0.911. The van der Waals surface area contributed by atoms with Crippen LogP contribution in [-0.2, 0) is 11.2 Å². The molecular weight excluding hydrogens is 282 g/mol. The van der Waals surface area contributed by atoms with Crippen molar-refractivity contribution >= 4 is 27.5 Å². The number of nitrogens with one attached hydrogen (secondary N) is 2. The van der Waals surface area contributed by atoms with E-state index in [1.54, 1.807) is 12.5 Å². The molecule has 0 aliphatic rings. The van der Waals surface area contributed by atoms with Gasteiger partial charge in [0.05, 0.1) is 6.33 Å². The van der Waals surface area contributed by atoms with Gasteiger partial charge in [0.25, 0.3) is 0 Å². The predicted octanol–water partition coefficient (Wildman–Crippen LogP) is 2.74. The van der Waals surface area contributed by atoms with Gasteiger partial charge in [0.1, 0.15) is 0 Å². The van der Waals surface area contributed by atoms with Crippen LogP contribution >= 0.6 is 15.9 Å². The summed E-state index contributed by atoms with van der Waals surface area (Å²) in [5.74, 6) is -0.00213. The van der Waals surface area contributed by atoms with E-state index in [2.05, 4.69) is 31.2 Å². The molecule has 0 saturated heterocycles. The van der Waals surface area contributed by atoms with Gasteiger partial charge in [-0.25, -0.2) is 4.98 Å². The summed E-state index contributed by atoms with van der Waals surface area (Å²) in [7, 11) is 0. The molecule has 0 bridgehead atoms. The highest BCUT2D eigenvalue weighted by Gasteiger charge is 2.03. The zero-order valence-electron chi connectivity index (χ0n) is 9.11. The van der Waals surface area contributed by atoms with Crippen LogP contribution in [0.2, 0.25) is 0 Å². The summed E-state index contributed by atoms with van der Waals surface area (Å²) in [6.45, 7) is 0. The Kier molecular flexibility index (Phi) is 3.93. The molecule has 0 aliphatic carbocycles. The summed E-state index contributed by atoms with van der Waals surface area (Å²) in [5.41, 5.74) is 1.77. The highest BCUT2D eigenvalue weighted by atomic mass is 79.9. The number of anilines is 1. The Bertz CT molecular complexity index is 496. The average Bonchev–Trinajstić information content (AvgIpc) is 2.79. The van der Waals surface area contributed by atoms with Gasteiger partial charge in [-0.1, -0.05) is 22.0 Å². The third-order valence-corrected chi connectivity index (χ3v) is 2.78. The van der Waals surface area contributed by atoms with Gasteiger partial charge in [-0.05, 0) is 24.6 Å². The fourth-order valence-corrected chi connectivity index (χ4v) is 1.86. The number of imidazole rings is 1. The minimum atomic E-state index is -0.00213. The maximum Gasteiger partial charge on any atom is 0.224 e. The van der Waals surface area contributed by atoms with E-state index in [1.165, 1.54) is 0 Å². The first-order chi connectivity index (χ1) is 8.24. The van der Waals surface area contributed by atoms with Crippen LogP contribution in [0.4, 0.5) is 5.69 Å². The third kappa shape index (κ3) is 3.71. The number of halogens is 1. The standard InChI is InChI=1S/C12H12BrN3O/c13-9-2-1-3-10(6-9)16-12(17)5-4-11-7-14-8-15-11/h1-3,6-8H,4-5H2,(H,14,15)(H,16,17). The number of hydrogen-bond donors (Lipinski definition) is 2. The normalized spacial score (nSPS) is 10.2. The van der Waals surface area contributed by atoms with Crippen molar-refractivity contribution in [2.45, 2.75) is 12.8 Å². The molecule has 0 fully saturated rings. The molecule has 1 heterocycles. The summed E-state index contributed by atoms with van der Waals surface area (Å²) < 4.78 is 0.948. The molecule has 0 unspecified atom stereocenters. The smallest absolute Gasteiger partial charge is 0.224 e. The van der Waals surface area contributed by atoms with Crippen molar-refractivity contribution in [2.24, 2.45) is 0 Å². The second-order valence-electron chi connectivity index (χ2n) is 3.64. The third-order valence-electron chi connectivity index (χ3n) is 2.28. The molecule has 1 aromatic carbocycles. The lowest BCUT2D eigenvalue weighted by Gasteiger charge is -2.04. The zero-order chi connectivity index (χ0) is 12.1. The molecule has 0 atom stereocenters. The number of H-pyrrole nitrogens is 1. The van der Waals surface area contributed by atoms with Crippen molar-refractivity contribution in [1.29, 1.82) is 0 Å². The van der Waals surface area contributed by atoms with E-state index in [9.17, 15) is 4.79 Å². The average molecular weight is 294 g/mol. The summed E-state index contributed by atoms with van der Waals surface area (Å²) in [5, 5.41) is 2.84. The van der Waals surface area contributed by atoms with Crippen molar-refractivity contribution in [2.75, 3.05) is 5.32 Å². The van der Waals surface area contributed by atoms with Crippen LogP contribution in [0.3, 0.4) is 0 Å². The van der Waals surface area contributed by atoms with Crippen LogP contribution in [-0.4, -0.2) is 15.9 Å². The van der Waals surface area contributed by atoms with E-state index in [4.69, 9.17) is 0 Å². The number of aromatic nitrogens is 2. The molecule has 0 spiro atoms. The van der Waals surface area contributed by atoms with Gasteiger partial charge in [-0.15, -0.1) is 0 Å². The number of amides is 1. The van der Waals surface area contributed by atoms with Gasteiger partial charge in [-0.2, -0.15) is 0 Å². The number of carbonyl (C=O) groups is 1. The number of hydrogen-bond acceptors (Lipinski definition) is 2. The first-order valence-corrected chi connectivity index (χ1v) is 6.06. The van der Waals surface area contributed by atoms with Gasteiger partial charge in [0.15, 0.2) is 0 Å². The Morgan fingerprint density at radius 3 is 3.06 bits per heavy atom. The highest BCUT2D eigenvalue weighted by molar-refractivity contribution is 9.10. The van der Waals surface area contributed by atoms with Crippen molar-refractivity contribution < 1.29 is 4.79 Å². The van der Waals surface area contributed by atoms with E-state index in [0.717, 1.165) is 15.9 Å². The first-order valence-electron chi connectivity index (χ1n) is 5.27. The number of rotatable bonds is 4. The Hall–Kier alpha value is -1.62. The van der Waals surface area contributed by atoms with Gasteiger partial charge in [0, 0.05) is 28.5 Å². The molecule has 17 heavy (non-hydrogen) atoms. The second kappa shape index (κ2) is 5.63. The highest BCUT2D eigenvalue weighted by Crippen LogP contribution is 2.15.